The van der Waals surface area contributed by atoms with Gasteiger partial charge in [-0.3, -0.25) is 20.3 Å². The second kappa shape index (κ2) is 9.66. The molecule has 0 bridgehead atoms. The van der Waals surface area contributed by atoms with E-state index in [4.69, 9.17) is 5.73 Å². The predicted octanol–water partition coefficient (Wildman–Crippen LogP) is 2.89. The highest BCUT2D eigenvalue weighted by Gasteiger charge is 2.26. The van der Waals surface area contributed by atoms with Crippen LogP contribution >= 0.6 is 0 Å². The molecular weight excluding hydrogens is 466 g/mol. The number of benzene rings is 2. The summed E-state index contributed by atoms with van der Waals surface area (Å²) >= 11 is 0. The molecule has 2 aromatic carbocycles. The molecule has 1 aliphatic rings. The summed E-state index contributed by atoms with van der Waals surface area (Å²) in [5.41, 5.74) is 14.1. The summed E-state index contributed by atoms with van der Waals surface area (Å²) in [6, 6.07) is 15.9. The number of nitro benzene ring substituents is 1. The van der Waals surface area contributed by atoms with Gasteiger partial charge in [-0.1, -0.05) is 41.6 Å². The predicted molar refractivity (Wildman–Crippen MR) is 127 cm³/mol. The van der Waals surface area contributed by atoms with Gasteiger partial charge in [-0.25, -0.2) is 4.63 Å². The molecule has 1 atom stereocenters. The maximum Gasteiger partial charge on any atom is 0.292 e. The Balaban J connectivity index is 1.37. The Bertz CT molecular complexity index is 1430. The smallest absolute Gasteiger partial charge is 0.292 e. The first-order valence-electron chi connectivity index (χ1n) is 11.1. The van der Waals surface area contributed by atoms with Crippen molar-refractivity contribution in [3.63, 3.8) is 0 Å². The summed E-state index contributed by atoms with van der Waals surface area (Å²) in [5, 5.41) is 26.3. The molecule has 0 aliphatic heterocycles. The fraction of sp³-hybridized carbons (Fsp3) is 0.174. The van der Waals surface area contributed by atoms with Gasteiger partial charge in [0.2, 0.25) is 11.6 Å². The molecule has 0 saturated heterocycles. The van der Waals surface area contributed by atoms with Crippen molar-refractivity contribution in [2.75, 3.05) is 5.73 Å². The van der Waals surface area contributed by atoms with Crippen LogP contribution in [0.4, 0.5) is 11.5 Å². The van der Waals surface area contributed by atoms with Gasteiger partial charge in [-0.05, 0) is 53.2 Å². The number of anilines is 1. The van der Waals surface area contributed by atoms with Gasteiger partial charge in [0.1, 0.15) is 5.69 Å². The number of hydrazine groups is 1. The lowest BCUT2D eigenvalue weighted by Crippen LogP contribution is -2.38. The number of allylic oxidation sites excluding steroid dienone is 2. The Morgan fingerprint density at radius 2 is 1.92 bits per heavy atom. The highest BCUT2D eigenvalue weighted by atomic mass is 16.6. The van der Waals surface area contributed by atoms with Crippen molar-refractivity contribution in [2.24, 2.45) is 0 Å². The lowest BCUT2D eigenvalue weighted by atomic mass is 9.87. The molecule has 4 aromatic rings. The van der Waals surface area contributed by atoms with Gasteiger partial charge in [-0.2, -0.15) is 4.68 Å². The van der Waals surface area contributed by atoms with Crippen molar-refractivity contribution in [1.82, 2.24) is 36.2 Å². The SMILES string of the molecule is Nc1nonc1-n1nnc(C(=O)NNC2=CCC(c3ccccc3)CC2)c1-c1ccc([N+](=O)[O-])cc1. The number of rotatable bonds is 7. The van der Waals surface area contributed by atoms with Gasteiger partial charge in [0, 0.05) is 23.4 Å². The summed E-state index contributed by atoms with van der Waals surface area (Å²) in [5.74, 6) is -0.156. The summed E-state index contributed by atoms with van der Waals surface area (Å²) in [7, 11) is 0. The summed E-state index contributed by atoms with van der Waals surface area (Å²) in [6.45, 7) is 0. The van der Waals surface area contributed by atoms with Gasteiger partial charge in [0.15, 0.2) is 5.69 Å². The molecule has 5 rings (SSSR count). The first-order valence-corrected chi connectivity index (χ1v) is 11.1. The topological polar surface area (TPSA) is 180 Å². The zero-order valence-electron chi connectivity index (χ0n) is 18.9. The van der Waals surface area contributed by atoms with Crippen LogP contribution in [-0.2, 0) is 0 Å². The molecule has 0 radical (unpaired) electrons. The maximum atomic E-state index is 13.1. The molecule has 1 amide bonds. The molecule has 0 spiro atoms. The minimum absolute atomic E-state index is 0.0322. The fourth-order valence-electron chi connectivity index (χ4n) is 4.09. The summed E-state index contributed by atoms with van der Waals surface area (Å²) in [4.78, 5) is 23.6. The van der Waals surface area contributed by atoms with E-state index >= 15 is 0 Å². The highest BCUT2D eigenvalue weighted by molar-refractivity contribution is 5.98. The lowest BCUT2D eigenvalue weighted by Gasteiger charge is -2.23. The average Bonchev–Trinajstić information content (AvgIpc) is 3.54. The number of hydrogen-bond acceptors (Lipinski definition) is 10. The Labute approximate surface area is 204 Å². The van der Waals surface area contributed by atoms with Crippen LogP contribution in [0.3, 0.4) is 0 Å². The van der Waals surface area contributed by atoms with Crippen LogP contribution in [0.2, 0.25) is 0 Å². The van der Waals surface area contributed by atoms with Gasteiger partial charge in [-0.15, -0.1) is 5.10 Å². The third-order valence-electron chi connectivity index (χ3n) is 5.95. The highest BCUT2D eigenvalue weighted by Crippen LogP contribution is 2.31. The molecule has 2 aromatic heterocycles. The molecule has 13 heteroatoms. The van der Waals surface area contributed by atoms with Crippen LogP contribution in [0, 0.1) is 10.1 Å². The molecule has 182 valence electrons. The van der Waals surface area contributed by atoms with E-state index in [0.717, 1.165) is 25.0 Å². The van der Waals surface area contributed by atoms with Gasteiger partial charge in [0.05, 0.1) is 4.92 Å². The minimum Gasteiger partial charge on any atom is -0.378 e. The Morgan fingerprint density at radius 3 is 2.56 bits per heavy atom. The zero-order valence-corrected chi connectivity index (χ0v) is 18.9. The van der Waals surface area contributed by atoms with E-state index in [0.29, 0.717) is 11.5 Å². The number of nitrogens with two attached hydrogens (primary N) is 1. The Morgan fingerprint density at radius 1 is 1.14 bits per heavy atom. The van der Waals surface area contributed by atoms with E-state index in [1.54, 1.807) is 0 Å². The zero-order chi connectivity index (χ0) is 25.1. The van der Waals surface area contributed by atoms with E-state index in [1.165, 1.54) is 34.5 Å². The van der Waals surface area contributed by atoms with E-state index in [-0.39, 0.29) is 28.7 Å². The van der Waals surface area contributed by atoms with Crippen molar-refractivity contribution < 1.29 is 14.3 Å². The van der Waals surface area contributed by atoms with Crippen LogP contribution in [0.25, 0.3) is 17.1 Å². The first-order chi connectivity index (χ1) is 17.5. The lowest BCUT2D eigenvalue weighted by molar-refractivity contribution is -0.384. The molecule has 1 aliphatic carbocycles. The average molecular weight is 487 g/mol. The monoisotopic (exact) mass is 487 g/mol. The molecule has 0 fully saturated rings. The van der Waals surface area contributed by atoms with Gasteiger partial charge >= 0.3 is 0 Å². The van der Waals surface area contributed by atoms with Crippen molar-refractivity contribution >= 4 is 17.4 Å². The van der Waals surface area contributed by atoms with Crippen molar-refractivity contribution in [3.05, 3.63) is 87.7 Å². The standard InChI is InChI=1S/C23H21N9O4/c24-21-22(29-36-28-21)31-20(16-8-12-18(13-9-16)32(34)35)19(26-30-31)23(33)27-25-17-10-6-15(7-11-17)14-4-2-1-3-5-14/h1-5,8-10,12-13,15,25H,6-7,11H2,(H2,24,28)(H,27,33). The number of nitro groups is 1. The number of carbonyl (C=O) groups is 1. The van der Waals surface area contributed by atoms with Crippen LogP contribution in [-0.4, -0.2) is 36.1 Å². The van der Waals surface area contributed by atoms with Crippen LogP contribution in [0.15, 0.2) is 71.0 Å². The molecular formula is C23H21N9O4. The summed E-state index contributed by atoms with van der Waals surface area (Å²) in [6.07, 6.45) is 4.63. The Hall–Kier alpha value is -5.07. The van der Waals surface area contributed by atoms with E-state index in [1.807, 2.05) is 18.2 Å². The van der Waals surface area contributed by atoms with E-state index in [9.17, 15) is 14.9 Å². The fourth-order valence-corrected chi connectivity index (χ4v) is 4.09. The number of aromatic nitrogens is 5. The van der Waals surface area contributed by atoms with Crippen LogP contribution in [0.5, 0.6) is 0 Å². The third-order valence-corrected chi connectivity index (χ3v) is 5.95. The van der Waals surface area contributed by atoms with Crippen molar-refractivity contribution in [3.8, 4) is 17.1 Å². The largest absolute Gasteiger partial charge is 0.378 e. The number of nitrogens with zero attached hydrogens (tertiary/aromatic N) is 6. The number of carbonyl (C=O) groups excluding carboxylic acids is 1. The van der Waals surface area contributed by atoms with E-state index in [2.05, 4.69) is 54.3 Å². The van der Waals surface area contributed by atoms with Gasteiger partial charge < -0.3 is 11.2 Å². The van der Waals surface area contributed by atoms with Crippen molar-refractivity contribution in [1.29, 1.82) is 0 Å². The third kappa shape index (κ3) is 4.49. The quantitative estimate of drug-likeness (QED) is 0.259. The number of hydrogen-bond donors (Lipinski definition) is 3. The number of nitrogens with one attached hydrogen (secondary N) is 2. The maximum absolute atomic E-state index is 13.1. The summed E-state index contributed by atoms with van der Waals surface area (Å²) < 4.78 is 5.86. The van der Waals surface area contributed by atoms with E-state index < -0.39 is 10.8 Å². The molecule has 13 nitrogen and oxygen atoms in total. The second-order valence-electron chi connectivity index (χ2n) is 8.17. The minimum atomic E-state index is -0.560. The number of non-ortho nitro benzene ring substituents is 1. The van der Waals surface area contributed by atoms with Crippen molar-refractivity contribution in [2.45, 2.75) is 25.2 Å². The second-order valence-corrected chi connectivity index (χ2v) is 8.17. The number of amides is 1. The van der Waals surface area contributed by atoms with Gasteiger partial charge in [0.25, 0.3) is 11.6 Å². The first kappa shape index (κ1) is 22.7. The molecule has 2 heterocycles. The normalized spacial score (nSPS) is 15.2. The molecule has 4 N–H and O–H groups in total. The molecule has 1 unspecified atom stereocenters. The molecule has 36 heavy (non-hydrogen) atoms. The van der Waals surface area contributed by atoms with Crippen LogP contribution in [0.1, 0.15) is 41.2 Å². The Kier molecular flexibility index (Phi) is 6.09. The number of nitrogen functional groups attached to an aromatic ring is 1. The molecule has 0 saturated carbocycles. The van der Waals surface area contributed by atoms with Crippen LogP contribution < -0.4 is 16.6 Å².